The van der Waals surface area contributed by atoms with E-state index in [0.29, 0.717) is 29.8 Å². The second kappa shape index (κ2) is 8.86. The lowest BCUT2D eigenvalue weighted by molar-refractivity contribution is -0.0708. The number of hydrogen-bond acceptors (Lipinski definition) is 4. The zero-order valence-electron chi connectivity index (χ0n) is 17.9. The molecule has 1 heterocycles. The highest BCUT2D eigenvalue weighted by Crippen LogP contribution is 2.57. The van der Waals surface area contributed by atoms with Crippen LogP contribution in [0.25, 0.3) is 0 Å². The maximum absolute atomic E-state index is 10.2. The van der Waals surface area contributed by atoms with Gasteiger partial charge in [-0.25, -0.2) is 0 Å². The van der Waals surface area contributed by atoms with Crippen LogP contribution in [-0.4, -0.2) is 54.3 Å². The third kappa shape index (κ3) is 3.70. The van der Waals surface area contributed by atoms with Gasteiger partial charge in [-0.3, -0.25) is 4.90 Å². The molecule has 0 spiro atoms. The average molecular weight is 395 g/mol. The lowest BCUT2D eigenvalue weighted by Gasteiger charge is -2.54. The number of aliphatic hydroxyl groups excluding tert-OH is 1. The zero-order chi connectivity index (χ0) is 20.4. The van der Waals surface area contributed by atoms with E-state index >= 15 is 0 Å². The van der Waals surface area contributed by atoms with Crippen molar-refractivity contribution in [2.24, 2.45) is 17.8 Å². The van der Waals surface area contributed by atoms with Gasteiger partial charge in [0.15, 0.2) is 0 Å². The molecular formula is C25H34N2O2. The van der Waals surface area contributed by atoms with Crippen LogP contribution in [0.2, 0.25) is 0 Å². The summed E-state index contributed by atoms with van der Waals surface area (Å²) in [6, 6.07) is 20.2. The third-order valence-electron chi connectivity index (χ3n) is 7.21. The molecule has 1 aliphatic carbocycles. The van der Waals surface area contributed by atoms with E-state index in [4.69, 9.17) is 4.74 Å². The van der Waals surface area contributed by atoms with Crippen LogP contribution in [0, 0.1) is 17.8 Å². The first kappa shape index (κ1) is 20.4. The van der Waals surface area contributed by atoms with Crippen LogP contribution in [0.1, 0.15) is 31.0 Å². The summed E-state index contributed by atoms with van der Waals surface area (Å²) in [5.41, 5.74) is 2.72. The first-order valence-electron chi connectivity index (χ1n) is 11.0. The van der Waals surface area contributed by atoms with Crippen molar-refractivity contribution < 1.29 is 9.84 Å². The fraction of sp³-hybridized carbons (Fsp3) is 0.520. The summed E-state index contributed by atoms with van der Waals surface area (Å²) in [5, 5.41) is 10.2. The molecule has 2 aliphatic rings. The van der Waals surface area contributed by atoms with Gasteiger partial charge in [-0.15, -0.1) is 0 Å². The second-order valence-electron chi connectivity index (χ2n) is 8.43. The van der Waals surface area contributed by atoms with Crippen molar-refractivity contribution in [1.29, 1.82) is 0 Å². The first-order valence-corrected chi connectivity index (χ1v) is 11.0. The molecule has 156 valence electrons. The fourth-order valence-corrected chi connectivity index (χ4v) is 5.86. The monoisotopic (exact) mass is 394 g/mol. The van der Waals surface area contributed by atoms with Gasteiger partial charge in [0.25, 0.3) is 0 Å². The Morgan fingerprint density at radius 3 is 2.31 bits per heavy atom. The van der Waals surface area contributed by atoms with E-state index in [0.717, 1.165) is 31.9 Å². The third-order valence-corrected chi connectivity index (χ3v) is 7.21. The number of hydrogen-bond donors (Lipinski definition) is 1. The van der Waals surface area contributed by atoms with Gasteiger partial charge in [0.05, 0.1) is 7.11 Å². The number of aliphatic hydroxyl groups is 1. The van der Waals surface area contributed by atoms with Crippen LogP contribution in [0.5, 0.6) is 5.75 Å². The van der Waals surface area contributed by atoms with Crippen LogP contribution >= 0.6 is 0 Å². The van der Waals surface area contributed by atoms with Crippen molar-refractivity contribution in [3.63, 3.8) is 0 Å². The topological polar surface area (TPSA) is 35.9 Å². The summed E-state index contributed by atoms with van der Waals surface area (Å²) < 4.78 is 5.39. The molecule has 0 bridgehead atoms. The summed E-state index contributed by atoms with van der Waals surface area (Å²) in [7, 11) is 1.72. The van der Waals surface area contributed by atoms with Crippen molar-refractivity contribution in [2.45, 2.75) is 32.5 Å². The Morgan fingerprint density at radius 1 is 1.03 bits per heavy atom. The molecule has 0 radical (unpaired) electrons. The van der Waals surface area contributed by atoms with Crippen LogP contribution in [0.4, 0.5) is 0 Å². The molecule has 1 saturated carbocycles. The van der Waals surface area contributed by atoms with Crippen LogP contribution in [-0.2, 0) is 6.54 Å². The van der Waals surface area contributed by atoms with Crippen molar-refractivity contribution >= 4 is 0 Å². The standard InChI is InChI=1S/C25H34N2O2/c1-4-26(5-2)25-22(17-28)21-16-27(15-18-9-7-6-8-10-18)24(23(21)25)19-11-13-20(29-3)14-12-19/h6-14,21-25,28H,4-5,15-17H2,1-3H3/t21-,22+,23+,24-,25?/m0/s1. The number of methoxy groups -OCH3 is 1. The van der Waals surface area contributed by atoms with E-state index in [1.165, 1.54) is 11.1 Å². The molecule has 1 aliphatic heterocycles. The Hall–Kier alpha value is -1.88. The van der Waals surface area contributed by atoms with E-state index < -0.39 is 0 Å². The molecule has 2 aromatic carbocycles. The molecule has 2 fully saturated rings. The molecule has 1 unspecified atom stereocenters. The minimum Gasteiger partial charge on any atom is -0.497 e. The normalized spacial score (nSPS) is 28.9. The summed E-state index contributed by atoms with van der Waals surface area (Å²) in [5.74, 6) is 2.40. The van der Waals surface area contributed by atoms with Crippen molar-refractivity contribution in [1.82, 2.24) is 9.80 Å². The summed E-state index contributed by atoms with van der Waals surface area (Å²) in [6.45, 7) is 8.85. The Labute approximate surface area is 175 Å². The van der Waals surface area contributed by atoms with Gasteiger partial charge in [0.2, 0.25) is 0 Å². The zero-order valence-corrected chi connectivity index (χ0v) is 17.9. The van der Waals surface area contributed by atoms with Gasteiger partial charge in [0, 0.05) is 37.7 Å². The Balaban J connectivity index is 1.67. The minimum absolute atomic E-state index is 0.289. The maximum Gasteiger partial charge on any atom is 0.118 e. The van der Waals surface area contributed by atoms with Crippen molar-refractivity contribution in [2.75, 3.05) is 33.4 Å². The number of likely N-dealkylation sites (tertiary alicyclic amines) is 1. The smallest absolute Gasteiger partial charge is 0.118 e. The highest BCUT2D eigenvalue weighted by molar-refractivity contribution is 5.32. The summed E-state index contributed by atoms with van der Waals surface area (Å²) in [4.78, 5) is 5.20. The predicted octanol–water partition coefficient (Wildman–Crippen LogP) is 3.82. The van der Waals surface area contributed by atoms with Gasteiger partial charge in [-0.1, -0.05) is 56.3 Å². The average Bonchev–Trinajstić information content (AvgIpc) is 3.07. The molecular weight excluding hydrogens is 360 g/mol. The molecule has 5 atom stereocenters. The molecule has 4 nitrogen and oxygen atoms in total. The van der Waals surface area contributed by atoms with E-state index in [1.54, 1.807) is 7.11 Å². The molecule has 4 heteroatoms. The molecule has 0 amide bonds. The first-order chi connectivity index (χ1) is 14.2. The van der Waals surface area contributed by atoms with E-state index in [-0.39, 0.29) is 6.61 Å². The Kier molecular flexibility index (Phi) is 6.23. The van der Waals surface area contributed by atoms with Crippen LogP contribution in [0.3, 0.4) is 0 Å². The van der Waals surface area contributed by atoms with Gasteiger partial charge in [0.1, 0.15) is 5.75 Å². The minimum atomic E-state index is 0.289. The van der Waals surface area contributed by atoms with Gasteiger partial charge < -0.3 is 14.7 Å². The van der Waals surface area contributed by atoms with Gasteiger partial charge in [-0.05, 0) is 48.2 Å². The second-order valence-corrected chi connectivity index (χ2v) is 8.43. The predicted molar refractivity (Wildman–Crippen MR) is 117 cm³/mol. The highest BCUT2D eigenvalue weighted by Gasteiger charge is 2.60. The van der Waals surface area contributed by atoms with Crippen molar-refractivity contribution in [3.05, 3.63) is 65.7 Å². The summed E-state index contributed by atoms with van der Waals surface area (Å²) >= 11 is 0. The number of rotatable bonds is 8. The molecule has 4 rings (SSSR count). The van der Waals surface area contributed by atoms with Gasteiger partial charge >= 0.3 is 0 Å². The SMILES string of the molecule is CCN(CC)C1[C@@H]2[C@@H](CN(Cc3ccccc3)[C@H]2c2ccc(OC)cc2)[C@H]1CO. The van der Waals surface area contributed by atoms with Crippen LogP contribution in [0.15, 0.2) is 54.6 Å². The van der Waals surface area contributed by atoms with E-state index in [1.807, 2.05) is 0 Å². The van der Waals surface area contributed by atoms with Crippen molar-refractivity contribution in [3.8, 4) is 5.75 Å². The van der Waals surface area contributed by atoms with E-state index in [2.05, 4.69) is 78.2 Å². The Bertz CT molecular complexity index is 775. The molecule has 1 saturated heterocycles. The molecule has 2 aromatic rings. The van der Waals surface area contributed by atoms with Gasteiger partial charge in [-0.2, -0.15) is 0 Å². The number of ether oxygens (including phenoxy) is 1. The summed E-state index contributed by atoms with van der Waals surface area (Å²) in [6.07, 6.45) is 0. The largest absolute Gasteiger partial charge is 0.497 e. The lowest BCUT2D eigenvalue weighted by Crippen LogP contribution is -2.61. The quantitative estimate of drug-likeness (QED) is 0.738. The lowest BCUT2D eigenvalue weighted by atomic mass is 9.59. The number of fused-ring (bicyclic) bond motifs is 1. The number of benzene rings is 2. The fourth-order valence-electron chi connectivity index (χ4n) is 5.86. The maximum atomic E-state index is 10.2. The number of nitrogens with zero attached hydrogens (tertiary/aromatic N) is 2. The van der Waals surface area contributed by atoms with Crippen LogP contribution < -0.4 is 4.74 Å². The molecule has 29 heavy (non-hydrogen) atoms. The molecule has 1 N–H and O–H groups in total. The van der Waals surface area contributed by atoms with E-state index in [9.17, 15) is 5.11 Å². The Morgan fingerprint density at radius 2 is 1.72 bits per heavy atom. The highest BCUT2D eigenvalue weighted by atomic mass is 16.5. The molecule has 0 aromatic heterocycles.